The second-order valence-electron chi connectivity index (χ2n) is 5.80. The number of non-ortho nitro benzene ring substituents is 1. The van der Waals surface area contributed by atoms with Crippen molar-refractivity contribution in [3.05, 3.63) is 33.9 Å². The lowest BCUT2D eigenvalue weighted by Gasteiger charge is -2.33. The molecule has 1 atom stereocenters. The Balaban J connectivity index is 2.35. The van der Waals surface area contributed by atoms with Gasteiger partial charge >= 0.3 is 5.97 Å². The fourth-order valence-electron chi connectivity index (χ4n) is 2.58. The van der Waals surface area contributed by atoms with Crippen molar-refractivity contribution in [1.29, 1.82) is 5.26 Å². The molecule has 122 valence electrons. The van der Waals surface area contributed by atoms with E-state index in [0.29, 0.717) is 11.6 Å². The van der Waals surface area contributed by atoms with Gasteiger partial charge in [0.15, 0.2) is 6.10 Å². The van der Waals surface area contributed by atoms with Crippen molar-refractivity contribution in [3.63, 3.8) is 0 Å². The fourth-order valence-corrected chi connectivity index (χ4v) is 2.58. The van der Waals surface area contributed by atoms with E-state index in [1.807, 2.05) is 11.0 Å². The highest BCUT2D eigenvalue weighted by atomic mass is 16.6. The van der Waals surface area contributed by atoms with E-state index in [9.17, 15) is 14.9 Å². The lowest BCUT2D eigenvalue weighted by atomic mass is 9.98. The molecule has 0 radical (unpaired) electrons. The van der Waals surface area contributed by atoms with Crippen LogP contribution in [0.4, 0.5) is 11.4 Å². The highest BCUT2D eigenvalue weighted by Crippen LogP contribution is 2.30. The molecule has 0 saturated carbocycles. The van der Waals surface area contributed by atoms with Crippen molar-refractivity contribution in [3.8, 4) is 6.07 Å². The number of piperidine rings is 1. The molecule has 0 unspecified atom stereocenters. The molecule has 1 heterocycles. The largest absolute Gasteiger partial charge is 0.444 e. The lowest BCUT2D eigenvalue weighted by molar-refractivity contribution is -0.384. The van der Waals surface area contributed by atoms with Gasteiger partial charge in [-0.1, -0.05) is 6.92 Å². The molecule has 1 aliphatic rings. The maximum absolute atomic E-state index is 12.3. The predicted molar refractivity (Wildman–Crippen MR) is 84.2 cm³/mol. The lowest BCUT2D eigenvalue weighted by Crippen LogP contribution is -2.34. The average molecular weight is 317 g/mol. The van der Waals surface area contributed by atoms with Gasteiger partial charge < -0.3 is 9.64 Å². The van der Waals surface area contributed by atoms with Crippen LogP contribution in [-0.2, 0) is 4.74 Å². The third-order valence-corrected chi connectivity index (χ3v) is 4.00. The Kier molecular flexibility index (Phi) is 5.16. The fraction of sp³-hybridized carbons (Fsp3) is 0.500. The summed E-state index contributed by atoms with van der Waals surface area (Å²) >= 11 is 0. The minimum absolute atomic E-state index is 0.135. The molecule has 1 fully saturated rings. The van der Waals surface area contributed by atoms with Crippen LogP contribution in [0.3, 0.4) is 0 Å². The Morgan fingerprint density at radius 3 is 2.70 bits per heavy atom. The number of ether oxygens (including phenoxy) is 1. The van der Waals surface area contributed by atoms with Crippen LogP contribution in [0.1, 0.15) is 37.0 Å². The number of hydrogen-bond acceptors (Lipinski definition) is 6. The molecular weight excluding hydrogens is 298 g/mol. The first-order valence-corrected chi connectivity index (χ1v) is 7.56. The molecule has 0 spiro atoms. The quantitative estimate of drug-likeness (QED) is 0.481. The summed E-state index contributed by atoms with van der Waals surface area (Å²) in [5, 5.41) is 19.7. The van der Waals surface area contributed by atoms with Gasteiger partial charge in [0.25, 0.3) is 5.69 Å². The van der Waals surface area contributed by atoms with Crippen LogP contribution in [0.15, 0.2) is 18.2 Å². The molecule has 1 saturated heterocycles. The number of carbonyl (C=O) groups is 1. The van der Waals surface area contributed by atoms with Crippen LogP contribution in [0.25, 0.3) is 0 Å². The average Bonchev–Trinajstić information content (AvgIpc) is 2.54. The zero-order valence-corrected chi connectivity index (χ0v) is 13.2. The Hall–Kier alpha value is -2.62. The van der Waals surface area contributed by atoms with Crippen molar-refractivity contribution in [2.24, 2.45) is 5.92 Å². The normalized spacial score (nSPS) is 16.5. The molecule has 2 rings (SSSR count). The Bertz CT molecular complexity index is 645. The van der Waals surface area contributed by atoms with E-state index in [-0.39, 0.29) is 11.3 Å². The molecule has 1 aromatic carbocycles. The van der Waals surface area contributed by atoms with Crippen molar-refractivity contribution < 1.29 is 14.5 Å². The highest BCUT2D eigenvalue weighted by Gasteiger charge is 2.25. The molecule has 0 bridgehead atoms. The van der Waals surface area contributed by atoms with Gasteiger partial charge in [0.2, 0.25) is 0 Å². The highest BCUT2D eigenvalue weighted by molar-refractivity contribution is 5.97. The van der Waals surface area contributed by atoms with E-state index in [1.54, 1.807) is 6.07 Å². The molecule has 0 aliphatic carbocycles. The number of nitriles is 1. The number of benzene rings is 1. The maximum atomic E-state index is 12.3. The Morgan fingerprint density at radius 1 is 1.48 bits per heavy atom. The van der Waals surface area contributed by atoms with Gasteiger partial charge in [-0.3, -0.25) is 10.1 Å². The Labute approximate surface area is 134 Å². The number of anilines is 1. The minimum atomic E-state index is -0.906. The molecule has 23 heavy (non-hydrogen) atoms. The topological polar surface area (TPSA) is 96.5 Å². The molecule has 1 aromatic rings. The van der Waals surface area contributed by atoms with Gasteiger partial charge in [0, 0.05) is 25.2 Å². The van der Waals surface area contributed by atoms with Gasteiger partial charge in [-0.25, -0.2) is 4.79 Å². The second-order valence-corrected chi connectivity index (χ2v) is 5.80. The summed E-state index contributed by atoms with van der Waals surface area (Å²) in [6.45, 7) is 5.20. The van der Waals surface area contributed by atoms with E-state index in [0.717, 1.165) is 25.9 Å². The first kappa shape index (κ1) is 16.7. The molecule has 0 N–H and O–H groups in total. The monoisotopic (exact) mass is 317 g/mol. The van der Waals surface area contributed by atoms with Gasteiger partial charge in [0.05, 0.1) is 16.2 Å². The molecular formula is C16H19N3O4. The van der Waals surface area contributed by atoms with Gasteiger partial charge in [0.1, 0.15) is 6.07 Å². The summed E-state index contributed by atoms with van der Waals surface area (Å²) in [6, 6.07) is 6.01. The summed E-state index contributed by atoms with van der Waals surface area (Å²) < 4.78 is 5.02. The van der Waals surface area contributed by atoms with Crippen molar-refractivity contribution in [2.75, 3.05) is 18.0 Å². The van der Waals surface area contributed by atoms with E-state index in [2.05, 4.69) is 6.92 Å². The van der Waals surface area contributed by atoms with Crippen molar-refractivity contribution in [1.82, 2.24) is 0 Å². The number of nitro benzene ring substituents is 1. The first-order chi connectivity index (χ1) is 10.9. The maximum Gasteiger partial charge on any atom is 0.341 e. The summed E-state index contributed by atoms with van der Waals surface area (Å²) in [5.41, 5.74) is 0.587. The third kappa shape index (κ3) is 3.97. The van der Waals surface area contributed by atoms with Crippen LogP contribution in [0, 0.1) is 27.4 Å². The zero-order valence-electron chi connectivity index (χ0n) is 13.2. The number of carbonyl (C=O) groups excluding carboxylic acids is 1. The van der Waals surface area contributed by atoms with Crippen LogP contribution >= 0.6 is 0 Å². The Morgan fingerprint density at radius 2 is 2.13 bits per heavy atom. The van der Waals surface area contributed by atoms with Gasteiger partial charge in [-0.2, -0.15) is 5.26 Å². The summed E-state index contributed by atoms with van der Waals surface area (Å²) in [6.07, 6.45) is 1.09. The van der Waals surface area contributed by atoms with Gasteiger partial charge in [-0.05, 0) is 31.7 Å². The van der Waals surface area contributed by atoms with Crippen LogP contribution in [-0.4, -0.2) is 30.1 Å². The molecule has 7 nitrogen and oxygen atoms in total. The van der Waals surface area contributed by atoms with E-state index >= 15 is 0 Å². The number of esters is 1. The molecule has 0 amide bonds. The van der Waals surface area contributed by atoms with Gasteiger partial charge in [-0.15, -0.1) is 0 Å². The zero-order chi connectivity index (χ0) is 17.0. The molecule has 0 aromatic heterocycles. The van der Waals surface area contributed by atoms with Crippen molar-refractivity contribution >= 4 is 17.3 Å². The summed E-state index contributed by atoms with van der Waals surface area (Å²) in [7, 11) is 0. The summed E-state index contributed by atoms with van der Waals surface area (Å²) in [5.74, 6) is -0.0883. The third-order valence-electron chi connectivity index (χ3n) is 4.00. The minimum Gasteiger partial charge on any atom is -0.444 e. The molecule has 7 heteroatoms. The van der Waals surface area contributed by atoms with Crippen LogP contribution in [0.5, 0.6) is 0 Å². The SMILES string of the molecule is CC1CCN(c2ccc([N+](=O)[O-])cc2C(=O)O[C@@H](C)C#N)CC1. The predicted octanol–water partition coefficient (Wildman–Crippen LogP) is 2.90. The van der Waals surface area contributed by atoms with Crippen molar-refractivity contribution in [2.45, 2.75) is 32.8 Å². The number of rotatable bonds is 4. The van der Waals surface area contributed by atoms with Crippen LogP contribution < -0.4 is 4.90 Å². The smallest absolute Gasteiger partial charge is 0.341 e. The van der Waals surface area contributed by atoms with E-state index in [1.165, 1.54) is 19.1 Å². The summed E-state index contributed by atoms with van der Waals surface area (Å²) in [4.78, 5) is 24.8. The molecule has 1 aliphatic heterocycles. The number of hydrogen-bond donors (Lipinski definition) is 0. The first-order valence-electron chi connectivity index (χ1n) is 7.56. The number of nitrogens with zero attached hydrogens (tertiary/aromatic N) is 3. The van der Waals surface area contributed by atoms with Crippen LogP contribution in [0.2, 0.25) is 0 Å². The number of nitro groups is 1. The standard InChI is InChI=1S/C16H19N3O4/c1-11-5-7-18(8-6-11)15-4-3-13(19(21)22)9-14(15)16(20)23-12(2)10-17/h3-4,9,11-12H,5-8H2,1-2H3/t12-/m0/s1. The van der Waals surface area contributed by atoms with E-state index < -0.39 is 17.0 Å². The van der Waals surface area contributed by atoms with E-state index in [4.69, 9.17) is 10.00 Å². The second kappa shape index (κ2) is 7.09.